The minimum atomic E-state index is -1.77. The number of carboxylic acid groups (broad SMARTS) is 1. The fourth-order valence-electron chi connectivity index (χ4n) is 2.12. The third kappa shape index (κ3) is 3.02. The van der Waals surface area contributed by atoms with E-state index in [1.165, 1.54) is 11.6 Å². The highest BCUT2D eigenvalue weighted by Gasteiger charge is 2.49. The lowest BCUT2D eigenvalue weighted by atomic mass is 9.75. The molecule has 0 saturated carbocycles. The van der Waals surface area contributed by atoms with Crippen LogP contribution in [0.2, 0.25) is 0 Å². The van der Waals surface area contributed by atoms with Crippen molar-refractivity contribution in [3.05, 3.63) is 47.0 Å². The van der Waals surface area contributed by atoms with Crippen molar-refractivity contribution >= 4 is 23.5 Å². The number of aryl methyl sites for hydroxylation is 1. The zero-order valence-corrected chi connectivity index (χ0v) is 12.2. The summed E-state index contributed by atoms with van der Waals surface area (Å²) in [5.74, 6) is -2.03. The third-order valence-corrected chi connectivity index (χ3v) is 3.29. The molecule has 0 amide bonds. The second-order valence-corrected chi connectivity index (χ2v) is 4.56. The Morgan fingerprint density at radius 3 is 2.55 bits per heavy atom. The molecule has 5 heteroatoms. The van der Waals surface area contributed by atoms with Gasteiger partial charge < -0.3 is 9.84 Å². The molecule has 4 nitrogen and oxygen atoms in total. The monoisotopic (exact) mass is 296 g/mol. The number of benzene rings is 1. The molecule has 108 valence electrons. The Bertz CT molecular complexity index is 524. The largest absolute Gasteiger partial charge is 0.480 e. The molecule has 0 saturated heterocycles. The maximum Gasteiger partial charge on any atom is 0.328 e. The molecule has 1 rings (SSSR count). The summed E-state index contributed by atoms with van der Waals surface area (Å²) in [6, 6.07) is 6.87. The number of carbonyl (C=O) groups is 2. The number of halogens is 1. The van der Waals surface area contributed by atoms with Crippen LogP contribution < -0.4 is 0 Å². The minimum Gasteiger partial charge on any atom is -0.480 e. The SMILES string of the molecule is CCOC(=O)C(C/C=C/Cl)(C(=O)O)c1ccccc1C. The van der Waals surface area contributed by atoms with Crippen LogP contribution in [0.3, 0.4) is 0 Å². The van der Waals surface area contributed by atoms with Crippen LogP contribution in [0, 0.1) is 6.92 Å². The lowest BCUT2D eigenvalue weighted by Crippen LogP contribution is -2.45. The van der Waals surface area contributed by atoms with Gasteiger partial charge in [-0.15, -0.1) is 0 Å². The van der Waals surface area contributed by atoms with E-state index in [9.17, 15) is 14.7 Å². The number of hydrogen-bond acceptors (Lipinski definition) is 3. The molecule has 1 aromatic rings. The molecule has 1 atom stereocenters. The van der Waals surface area contributed by atoms with Gasteiger partial charge in [0.2, 0.25) is 0 Å². The first-order valence-corrected chi connectivity index (χ1v) is 6.66. The average Bonchev–Trinajstić information content (AvgIpc) is 2.41. The van der Waals surface area contributed by atoms with Gasteiger partial charge >= 0.3 is 11.9 Å². The zero-order valence-electron chi connectivity index (χ0n) is 11.4. The van der Waals surface area contributed by atoms with Crippen molar-refractivity contribution < 1.29 is 19.4 Å². The van der Waals surface area contributed by atoms with E-state index in [4.69, 9.17) is 16.3 Å². The van der Waals surface area contributed by atoms with Gasteiger partial charge in [-0.1, -0.05) is 41.9 Å². The summed E-state index contributed by atoms with van der Waals surface area (Å²) in [6.45, 7) is 3.51. The molecule has 20 heavy (non-hydrogen) atoms. The highest BCUT2D eigenvalue weighted by atomic mass is 35.5. The summed E-state index contributed by atoms with van der Waals surface area (Å²) >= 11 is 5.50. The van der Waals surface area contributed by atoms with Crippen LogP contribution in [-0.2, 0) is 19.7 Å². The quantitative estimate of drug-likeness (QED) is 0.647. The first-order valence-electron chi connectivity index (χ1n) is 6.22. The van der Waals surface area contributed by atoms with E-state index < -0.39 is 17.4 Å². The van der Waals surface area contributed by atoms with Crippen LogP contribution in [0.25, 0.3) is 0 Å². The van der Waals surface area contributed by atoms with E-state index in [2.05, 4.69) is 0 Å². The number of carboxylic acids is 1. The average molecular weight is 297 g/mol. The van der Waals surface area contributed by atoms with Crippen molar-refractivity contribution in [3.8, 4) is 0 Å². The van der Waals surface area contributed by atoms with Gasteiger partial charge in [0, 0.05) is 5.54 Å². The number of carbonyl (C=O) groups excluding carboxylic acids is 1. The molecule has 0 aliphatic heterocycles. The van der Waals surface area contributed by atoms with Crippen molar-refractivity contribution in [2.24, 2.45) is 0 Å². The van der Waals surface area contributed by atoms with Gasteiger partial charge in [-0.25, -0.2) is 0 Å². The molecule has 0 aliphatic carbocycles. The summed E-state index contributed by atoms with van der Waals surface area (Å²) in [7, 11) is 0. The van der Waals surface area contributed by atoms with Gasteiger partial charge in [-0.3, -0.25) is 9.59 Å². The molecule has 0 fully saturated rings. The molecule has 0 aliphatic rings. The highest BCUT2D eigenvalue weighted by Crippen LogP contribution is 2.33. The summed E-state index contributed by atoms with van der Waals surface area (Å²) < 4.78 is 4.98. The molecule has 1 N–H and O–H groups in total. The van der Waals surface area contributed by atoms with Crippen LogP contribution >= 0.6 is 11.6 Å². The number of ether oxygens (including phenoxy) is 1. The van der Waals surface area contributed by atoms with Crippen molar-refractivity contribution in [1.82, 2.24) is 0 Å². The van der Waals surface area contributed by atoms with Gasteiger partial charge in [0.1, 0.15) is 0 Å². The van der Waals surface area contributed by atoms with Gasteiger partial charge in [0.25, 0.3) is 0 Å². The Balaban J connectivity index is 3.48. The smallest absolute Gasteiger partial charge is 0.328 e. The zero-order chi connectivity index (χ0) is 15.2. The third-order valence-electron chi connectivity index (χ3n) is 3.11. The summed E-state index contributed by atoms with van der Waals surface area (Å²) in [5, 5.41) is 9.65. The summed E-state index contributed by atoms with van der Waals surface area (Å²) in [6.07, 6.45) is 1.38. The Kier molecular flexibility index (Phi) is 5.77. The molecule has 0 bridgehead atoms. The second kappa shape index (κ2) is 7.10. The Morgan fingerprint density at radius 2 is 2.05 bits per heavy atom. The number of esters is 1. The van der Waals surface area contributed by atoms with Crippen LogP contribution in [0.1, 0.15) is 24.5 Å². The highest BCUT2D eigenvalue weighted by molar-refractivity contribution is 6.25. The van der Waals surface area contributed by atoms with Crippen molar-refractivity contribution in [3.63, 3.8) is 0 Å². The van der Waals surface area contributed by atoms with Gasteiger partial charge in [0.15, 0.2) is 5.41 Å². The Morgan fingerprint density at radius 1 is 1.40 bits per heavy atom. The fourth-order valence-corrected chi connectivity index (χ4v) is 2.21. The van der Waals surface area contributed by atoms with Gasteiger partial charge in [0.05, 0.1) is 6.61 Å². The van der Waals surface area contributed by atoms with Crippen LogP contribution in [0.4, 0.5) is 0 Å². The van der Waals surface area contributed by atoms with E-state index >= 15 is 0 Å². The van der Waals surface area contributed by atoms with E-state index in [-0.39, 0.29) is 13.0 Å². The molecular weight excluding hydrogens is 280 g/mol. The van der Waals surface area contributed by atoms with E-state index in [1.807, 2.05) is 0 Å². The lowest BCUT2D eigenvalue weighted by molar-refractivity contribution is -0.161. The summed E-state index contributed by atoms with van der Waals surface area (Å²) in [4.78, 5) is 24.1. The molecule has 0 heterocycles. The lowest BCUT2D eigenvalue weighted by Gasteiger charge is -2.27. The van der Waals surface area contributed by atoms with Gasteiger partial charge in [-0.05, 0) is 31.4 Å². The van der Waals surface area contributed by atoms with Crippen molar-refractivity contribution in [2.45, 2.75) is 25.7 Å². The fraction of sp³-hybridized carbons (Fsp3) is 0.333. The number of hydrogen-bond donors (Lipinski definition) is 1. The topological polar surface area (TPSA) is 63.6 Å². The number of allylic oxidation sites excluding steroid dienone is 1. The minimum absolute atomic E-state index is 0.0600. The molecule has 1 unspecified atom stereocenters. The predicted octanol–water partition coefficient (Wildman–Crippen LogP) is 3.02. The molecule has 1 aromatic carbocycles. The van der Waals surface area contributed by atoms with Crippen LogP contribution in [0.5, 0.6) is 0 Å². The van der Waals surface area contributed by atoms with E-state index in [1.54, 1.807) is 38.1 Å². The number of rotatable bonds is 6. The Labute approximate surface area is 123 Å². The van der Waals surface area contributed by atoms with Gasteiger partial charge in [-0.2, -0.15) is 0 Å². The van der Waals surface area contributed by atoms with Crippen LogP contribution in [0.15, 0.2) is 35.9 Å². The second-order valence-electron chi connectivity index (χ2n) is 4.31. The standard InChI is InChI=1S/C15H17ClO4/c1-3-20-14(19)15(13(17)18,9-6-10-16)12-8-5-4-7-11(12)2/h4-8,10H,3,9H2,1-2H3,(H,17,18)/b10-6+. The van der Waals surface area contributed by atoms with E-state index in [0.29, 0.717) is 11.1 Å². The van der Waals surface area contributed by atoms with Crippen molar-refractivity contribution in [1.29, 1.82) is 0 Å². The Hall–Kier alpha value is -1.81. The molecule has 0 radical (unpaired) electrons. The van der Waals surface area contributed by atoms with Crippen molar-refractivity contribution in [2.75, 3.05) is 6.61 Å². The number of aliphatic carboxylic acids is 1. The normalized spacial score (nSPS) is 13.9. The summed E-state index contributed by atoms with van der Waals surface area (Å²) in [5.41, 5.74) is 0.564. The first kappa shape index (κ1) is 16.2. The maximum absolute atomic E-state index is 12.3. The maximum atomic E-state index is 12.3. The molecule has 0 aromatic heterocycles. The predicted molar refractivity (Wildman–Crippen MR) is 76.7 cm³/mol. The first-order chi connectivity index (χ1) is 9.50. The molecule has 0 spiro atoms. The molecular formula is C15H17ClO4. The van der Waals surface area contributed by atoms with E-state index in [0.717, 1.165) is 0 Å². The van der Waals surface area contributed by atoms with Crippen LogP contribution in [-0.4, -0.2) is 23.7 Å².